The summed E-state index contributed by atoms with van der Waals surface area (Å²) in [7, 11) is 0. The van der Waals surface area contributed by atoms with Crippen LogP contribution in [-0.4, -0.2) is 17.0 Å². The molecule has 5 heteroatoms. The molecule has 144 valence electrons. The fourth-order valence-electron chi connectivity index (χ4n) is 2.58. The van der Waals surface area contributed by atoms with Gasteiger partial charge in [0.1, 0.15) is 5.03 Å². The van der Waals surface area contributed by atoms with Crippen LogP contribution >= 0.6 is 11.8 Å². The van der Waals surface area contributed by atoms with Gasteiger partial charge in [0, 0.05) is 23.2 Å². The average molecular weight is 393 g/mol. The standard InChI is InChI=1S/C23H24N2O2S/c1-17(2)27-16-19-7-5-6-18(14-19)15-25-23(26)20-9-11-21(12-10-20)28-22-8-3-4-13-24-22/h3-14,17H,15-16H2,1-2H3,(H,25,26). The van der Waals surface area contributed by atoms with Gasteiger partial charge in [-0.15, -0.1) is 0 Å². The van der Waals surface area contributed by atoms with Crippen LogP contribution in [0, 0.1) is 0 Å². The predicted molar refractivity (Wildman–Crippen MR) is 112 cm³/mol. The lowest BCUT2D eigenvalue weighted by Crippen LogP contribution is -2.22. The number of rotatable bonds is 8. The van der Waals surface area contributed by atoms with Gasteiger partial charge in [-0.25, -0.2) is 4.98 Å². The van der Waals surface area contributed by atoms with Crippen LogP contribution in [0.25, 0.3) is 0 Å². The van der Waals surface area contributed by atoms with Gasteiger partial charge in [0.15, 0.2) is 0 Å². The Morgan fingerprint density at radius 1 is 1.04 bits per heavy atom. The number of benzene rings is 2. The van der Waals surface area contributed by atoms with E-state index in [0.29, 0.717) is 18.7 Å². The van der Waals surface area contributed by atoms with Crippen molar-refractivity contribution in [1.29, 1.82) is 0 Å². The number of nitrogens with zero attached hydrogens (tertiary/aromatic N) is 1. The second-order valence-corrected chi connectivity index (χ2v) is 7.75. The van der Waals surface area contributed by atoms with Crippen molar-refractivity contribution in [3.8, 4) is 0 Å². The van der Waals surface area contributed by atoms with Crippen molar-refractivity contribution >= 4 is 17.7 Å². The van der Waals surface area contributed by atoms with Crippen molar-refractivity contribution in [2.45, 2.75) is 43.0 Å². The fraction of sp³-hybridized carbons (Fsp3) is 0.217. The summed E-state index contributed by atoms with van der Waals surface area (Å²) in [4.78, 5) is 17.8. The van der Waals surface area contributed by atoms with Gasteiger partial charge in [-0.05, 0) is 61.4 Å². The molecule has 0 aliphatic carbocycles. The van der Waals surface area contributed by atoms with E-state index >= 15 is 0 Å². The first kappa shape index (κ1) is 20.1. The van der Waals surface area contributed by atoms with E-state index in [-0.39, 0.29) is 12.0 Å². The number of aromatic nitrogens is 1. The highest BCUT2D eigenvalue weighted by atomic mass is 32.2. The molecule has 0 fully saturated rings. The summed E-state index contributed by atoms with van der Waals surface area (Å²) in [6, 6.07) is 21.5. The number of nitrogens with one attached hydrogen (secondary N) is 1. The maximum Gasteiger partial charge on any atom is 0.251 e. The van der Waals surface area contributed by atoms with Crippen molar-refractivity contribution in [2.75, 3.05) is 0 Å². The molecule has 0 unspecified atom stereocenters. The smallest absolute Gasteiger partial charge is 0.251 e. The second-order valence-electron chi connectivity index (χ2n) is 6.66. The molecular weight excluding hydrogens is 368 g/mol. The molecule has 0 spiro atoms. The summed E-state index contributed by atoms with van der Waals surface area (Å²) in [6.07, 6.45) is 1.97. The van der Waals surface area contributed by atoms with Crippen LogP contribution in [-0.2, 0) is 17.9 Å². The van der Waals surface area contributed by atoms with Crippen LogP contribution in [0.4, 0.5) is 0 Å². The quantitative estimate of drug-likeness (QED) is 0.580. The minimum absolute atomic E-state index is 0.0850. The number of pyridine rings is 1. The number of amides is 1. The largest absolute Gasteiger partial charge is 0.374 e. The molecular formula is C23H24N2O2S. The Kier molecular flexibility index (Phi) is 7.23. The van der Waals surface area contributed by atoms with Crippen molar-refractivity contribution in [3.63, 3.8) is 0 Å². The predicted octanol–water partition coefficient (Wildman–Crippen LogP) is 5.09. The van der Waals surface area contributed by atoms with E-state index in [1.807, 2.05) is 74.5 Å². The third-order valence-corrected chi connectivity index (χ3v) is 4.96. The second kappa shape index (κ2) is 10.1. The summed E-state index contributed by atoms with van der Waals surface area (Å²) < 4.78 is 5.64. The van der Waals surface area contributed by atoms with E-state index < -0.39 is 0 Å². The lowest BCUT2D eigenvalue weighted by molar-refractivity contribution is 0.0657. The first-order valence-electron chi connectivity index (χ1n) is 9.27. The zero-order valence-electron chi connectivity index (χ0n) is 16.1. The molecule has 0 radical (unpaired) electrons. The van der Waals surface area contributed by atoms with Gasteiger partial charge >= 0.3 is 0 Å². The van der Waals surface area contributed by atoms with Crippen LogP contribution < -0.4 is 5.32 Å². The van der Waals surface area contributed by atoms with Crippen LogP contribution in [0.2, 0.25) is 0 Å². The fourth-order valence-corrected chi connectivity index (χ4v) is 3.35. The molecule has 0 bridgehead atoms. The molecule has 0 aliphatic rings. The SMILES string of the molecule is CC(C)OCc1cccc(CNC(=O)c2ccc(Sc3ccccn3)cc2)c1. The Morgan fingerprint density at radius 3 is 2.54 bits per heavy atom. The Bertz CT molecular complexity index is 896. The van der Waals surface area contributed by atoms with Crippen LogP contribution in [0.5, 0.6) is 0 Å². The van der Waals surface area contributed by atoms with Gasteiger partial charge < -0.3 is 10.1 Å². The Hall–Kier alpha value is -2.63. The number of hydrogen-bond donors (Lipinski definition) is 1. The van der Waals surface area contributed by atoms with Gasteiger partial charge in [-0.3, -0.25) is 4.79 Å². The van der Waals surface area contributed by atoms with Crippen molar-refractivity contribution < 1.29 is 9.53 Å². The van der Waals surface area contributed by atoms with Gasteiger partial charge in [0.25, 0.3) is 5.91 Å². The normalized spacial score (nSPS) is 10.8. The van der Waals surface area contributed by atoms with E-state index in [1.165, 1.54) is 0 Å². The summed E-state index contributed by atoms with van der Waals surface area (Å²) in [5.74, 6) is -0.0850. The summed E-state index contributed by atoms with van der Waals surface area (Å²) in [5, 5.41) is 3.91. The minimum atomic E-state index is -0.0850. The third kappa shape index (κ3) is 6.22. The lowest BCUT2D eigenvalue weighted by atomic mass is 10.1. The lowest BCUT2D eigenvalue weighted by Gasteiger charge is -2.10. The van der Waals surface area contributed by atoms with Crippen molar-refractivity contribution in [1.82, 2.24) is 10.3 Å². The van der Waals surface area contributed by atoms with Crippen LogP contribution in [0.3, 0.4) is 0 Å². The van der Waals surface area contributed by atoms with Gasteiger partial charge in [0.2, 0.25) is 0 Å². The minimum Gasteiger partial charge on any atom is -0.374 e. The summed E-state index contributed by atoms with van der Waals surface area (Å²) >= 11 is 1.57. The van der Waals surface area contributed by atoms with E-state index in [2.05, 4.69) is 16.4 Å². The highest BCUT2D eigenvalue weighted by molar-refractivity contribution is 7.99. The first-order chi connectivity index (χ1) is 13.6. The van der Waals surface area contributed by atoms with Gasteiger partial charge in [0.05, 0.1) is 12.7 Å². The monoisotopic (exact) mass is 392 g/mol. The van der Waals surface area contributed by atoms with Crippen LogP contribution in [0.15, 0.2) is 82.8 Å². The molecule has 3 aromatic rings. The maximum atomic E-state index is 12.4. The Labute approximate surface area is 170 Å². The molecule has 1 amide bonds. The van der Waals surface area contributed by atoms with Crippen molar-refractivity contribution in [2.24, 2.45) is 0 Å². The molecule has 0 saturated carbocycles. The average Bonchev–Trinajstić information content (AvgIpc) is 2.72. The summed E-state index contributed by atoms with van der Waals surface area (Å²) in [5.41, 5.74) is 2.81. The van der Waals surface area contributed by atoms with E-state index in [1.54, 1.807) is 18.0 Å². The molecule has 4 nitrogen and oxygen atoms in total. The topological polar surface area (TPSA) is 51.2 Å². The first-order valence-corrected chi connectivity index (χ1v) is 10.1. The molecule has 2 aromatic carbocycles. The van der Waals surface area contributed by atoms with E-state index in [0.717, 1.165) is 21.0 Å². The molecule has 0 aliphatic heterocycles. The summed E-state index contributed by atoms with van der Waals surface area (Å²) in [6.45, 7) is 5.10. The molecule has 3 rings (SSSR count). The zero-order chi connectivity index (χ0) is 19.8. The highest BCUT2D eigenvalue weighted by Gasteiger charge is 2.07. The van der Waals surface area contributed by atoms with E-state index in [4.69, 9.17) is 4.74 Å². The molecule has 1 heterocycles. The maximum absolute atomic E-state index is 12.4. The molecule has 0 saturated heterocycles. The molecule has 0 atom stereocenters. The van der Waals surface area contributed by atoms with Crippen LogP contribution in [0.1, 0.15) is 35.3 Å². The molecule has 1 aromatic heterocycles. The van der Waals surface area contributed by atoms with Crippen molar-refractivity contribution in [3.05, 3.63) is 89.6 Å². The highest BCUT2D eigenvalue weighted by Crippen LogP contribution is 2.25. The molecule has 28 heavy (non-hydrogen) atoms. The number of hydrogen-bond acceptors (Lipinski definition) is 4. The van der Waals surface area contributed by atoms with E-state index in [9.17, 15) is 4.79 Å². The van der Waals surface area contributed by atoms with Gasteiger partial charge in [-0.1, -0.05) is 42.1 Å². The molecule has 1 N–H and O–H groups in total. The number of ether oxygens (including phenoxy) is 1. The third-order valence-electron chi connectivity index (χ3n) is 4.00. The Morgan fingerprint density at radius 2 is 1.82 bits per heavy atom. The van der Waals surface area contributed by atoms with Gasteiger partial charge in [-0.2, -0.15) is 0 Å². The number of carbonyl (C=O) groups excluding carboxylic acids is 1. The zero-order valence-corrected chi connectivity index (χ0v) is 16.9. The Balaban J connectivity index is 1.54. The number of carbonyl (C=O) groups is 1.